The molecule has 1 heterocycles. The quantitative estimate of drug-likeness (QED) is 0.696. The molecule has 1 aliphatic rings. The van der Waals surface area contributed by atoms with Gasteiger partial charge in [-0.05, 0) is 18.8 Å². The molecule has 3 N–H and O–H groups in total. The van der Waals surface area contributed by atoms with Crippen LogP contribution in [-0.2, 0) is 0 Å². The van der Waals surface area contributed by atoms with Gasteiger partial charge in [0.15, 0.2) is 0 Å². The zero-order valence-corrected chi connectivity index (χ0v) is 8.24. The molecule has 0 spiro atoms. The third-order valence-electron chi connectivity index (χ3n) is 2.45. The number of hydrogen-bond donors (Lipinski definition) is 2. The number of nitrogens with zero attached hydrogens (tertiary/aromatic N) is 2. The van der Waals surface area contributed by atoms with Crippen molar-refractivity contribution in [3.63, 3.8) is 0 Å². The lowest BCUT2D eigenvalue weighted by Crippen LogP contribution is -2.05. The minimum atomic E-state index is 0.470. The molecule has 4 nitrogen and oxygen atoms in total. The molecule has 0 radical (unpaired) electrons. The first kappa shape index (κ1) is 9.24. The smallest absolute Gasteiger partial charge is 0.146 e. The molecule has 0 aromatic carbocycles. The molecule has 1 saturated carbocycles. The SMILES string of the molecule is Nc1cncc(NCCCC2CC2)n1. The summed E-state index contributed by atoms with van der Waals surface area (Å²) >= 11 is 0. The number of rotatable bonds is 5. The van der Waals surface area contributed by atoms with Gasteiger partial charge in [0.25, 0.3) is 0 Å². The van der Waals surface area contributed by atoms with E-state index in [0.717, 1.165) is 18.3 Å². The fourth-order valence-electron chi connectivity index (χ4n) is 1.48. The van der Waals surface area contributed by atoms with E-state index in [1.54, 1.807) is 12.4 Å². The van der Waals surface area contributed by atoms with Gasteiger partial charge in [0, 0.05) is 6.54 Å². The molecular formula is C10H16N4. The van der Waals surface area contributed by atoms with Crippen LogP contribution in [0.25, 0.3) is 0 Å². The summed E-state index contributed by atoms with van der Waals surface area (Å²) in [6.45, 7) is 0.967. The lowest BCUT2D eigenvalue weighted by Gasteiger charge is -2.04. The highest BCUT2D eigenvalue weighted by molar-refractivity contribution is 5.38. The van der Waals surface area contributed by atoms with Gasteiger partial charge < -0.3 is 11.1 Å². The predicted molar refractivity (Wildman–Crippen MR) is 56.9 cm³/mol. The Morgan fingerprint density at radius 1 is 1.43 bits per heavy atom. The van der Waals surface area contributed by atoms with Gasteiger partial charge in [0.2, 0.25) is 0 Å². The highest BCUT2D eigenvalue weighted by Crippen LogP contribution is 2.33. The molecule has 1 aromatic rings. The molecule has 0 saturated heterocycles. The Kier molecular flexibility index (Phi) is 2.81. The Morgan fingerprint density at radius 2 is 2.29 bits per heavy atom. The van der Waals surface area contributed by atoms with Gasteiger partial charge in [-0.15, -0.1) is 0 Å². The molecular weight excluding hydrogens is 176 g/mol. The molecule has 76 valence electrons. The van der Waals surface area contributed by atoms with Crippen molar-refractivity contribution in [1.82, 2.24) is 9.97 Å². The Bertz CT molecular complexity index is 296. The maximum Gasteiger partial charge on any atom is 0.146 e. The summed E-state index contributed by atoms with van der Waals surface area (Å²) in [7, 11) is 0. The van der Waals surface area contributed by atoms with Gasteiger partial charge >= 0.3 is 0 Å². The van der Waals surface area contributed by atoms with Crippen LogP contribution in [0, 0.1) is 5.92 Å². The van der Waals surface area contributed by atoms with Gasteiger partial charge in [-0.3, -0.25) is 4.98 Å². The van der Waals surface area contributed by atoms with E-state index in [1.807, 2.05) is 0 Å². The standard InChI is InChI=1S/C10H16N4/c11-9-6-12-7-10(14-9)13-5-1-2-8-3-4-8/h6-8H,1-5H2,(H3,11,13,14). The van der Waals surface area contributed by atoms with E-state index in [4.69, 9.17) is 5.73 Å². The van der Waals surface area contributed by atoms with E-state index in [0.29, 0.717) is 5.82 Å². The average Bonchev–Trinajstić information content (AvgIpc) is 2.96. The van der Waals surface area contributed by atoms with E-state index in [9.17, 15) is 0 Å². The Hall–Kier alpha value is -1.32. The summed E-state index contributed by atoms with van der Waals surface area (Å²) in [6.07, 6.45) is 8.66. The van der Waals surface area contributed by atoms with Crippen molar-refractivity contribution >= 4 is 11.6 Å². The summed E-state index contributed by atoms with van der Waals surface area (Å²) in [5.74, 6) is 2.25. The van der Waals surface area contributed by atoms with E-state index in [2.05, 4.69) is 15.3 Å². The third-order valence-corrected chi connectivity index (χ3v) is 2.45. The largest absolute Gasteiger partial charge is 0.382 e. The zero-order valence-electron chi connectivity index (χ0n) is 8.24. The van der Waals surface area contributed by atoms with Crippen LogP contribution in [0.15, 0.2) is 12.4 Å². The van der Waals surface area contributed by atoms with Gasteiger partial charge in [0.05, 0.1) is 12.4 Å². The molecule has 1 fully saturated rings. The summed E-state index contributed by atoms with van der Waals surface area (Å²) in [6, 6.07) is 0. The Labute approximate surface area is 83.9 Å². The molecule has 1 aliphatic carbocycles. The van der Waals surface area contributed by atoms with Crippen LogP contribution in [0.2, 0.25) is 0 Å². The maximum absolute atomic E-state index is 5.51. The van der Waals surface area contributed by atoms with Gasteiger partial charge in [-0.2, -0.15) is 0 Å². The zero-order chi connectivity index (χ0) is 9.80. The van der Waals surface area contributed by atoms with Gasteiger partial charge in [-0.25, -0.2) is 4.98 Å². The van der Waals surface area contributed by atoms with Crippen LogP contribution in [-0.4, -0.2) is 16.5 Å². The van der Waals surface area contributed by atoms with Crippen LogP contribution in [0.3, 0.4) is 0 Å². The van der Waals surface area contributed by atoms with Crippen LogP contribution in [0.4, 0.5) is 11.6 Å². The molecule has 0 amide bonds. The Balaban J connectivity index is 1.68. The number of hydrogen-bond acceptors (Lipinski definition) is 4. The second-order valence-corrected chi connectivity index (χ2v) is 3.84. The summed E-state index contributed by atoms with van der Waals surface area (Å²) in [4.78, 5) is 8.07. The molecule has 0 bridgehead atoms. The van der Waals surface area contributed by atoms with Crippen LogP contribution in [0.1, 0.15) is 25.7 Å². The second kappa shape index (κ2) is 4.26. The number of nitrogens with two attached hydrogens (primary N) is 1. The van der Waals surface area contributed by atoms with E-state index >= 15 is 0 Å². The lowest BCUT2D eigenvalue weighted by molar-refractivity contribution is 0.686. The van der Waals surface area contributed by atoms with Crippen molar-refractivity contribution in [2.45, 2.75) is 25.7 Å². The monoisotopic (exact) mass is 192 g/mol. The molecule has 14 heavy (non-hydrogen) atoms. The number of anilines is 2. The van der Waals surface area contributed by atoms with E-state index in [-0.39, 0.29) is 0 Å². The normalized spacial score (nSPS) is 15.4. The highest BCUT2D eigenvalue weighted by atomic mass is 15.0. The second-order valence-electron chi connectivity index (χ2n) is 3.84. The van der Waals surface area contributed by atoms with Crippen molar-refractivity contribution in [3.8, 4) is 0 Å². The van der Waals surface area contributed by atoms with Crippen molar-refractivity contribution < 1.29 is 0 Å². The fourth-order valence-corrected chi connectivity index (χ4v) is 1.48. The van der Waals surface area contributed by atoms with Crippen LogP contribution in [0.5, 0.6) is 0 Å². The first-order valence-electron chi connectivity index (χ1n) is 5.16. The van der Waals surface area contributed by atoms with Crippen molar-refractivity contribution in [3.05, 3.63) is 12.4 Å². The molecule has 4 heteroatoms. The van der Waals surface area contributed by atoms with Gasteiger partial charge in [-0.1, -0.05) is 12.8 Å². The first-order chi connectivity index (χ1) is 6.84. The average molecular weight is 192 g/mol. The molecule has 0 unspecified atom stereocenters. The molecule has 0 atom stereocenters. The molecule has 1 aromatic heterocycles. The fraction of sp³-hybridized carbons (Fsp3) is 0.600. The maximum atomic E-state index is 5.51. The van der Waals surface area contributed by atoms with Crippen LogP contribution >= 0.6 is 0 Å². The number of nitrogen functional groups attached to an aromatic ring is 1. The predicted octanol–water partition coefficient (Wildman–Crippen LogP) is 1.66. The summed E-state index contributed by atoms with van der Waals surface area (Å²) in [5, 5.41) is 3.22. The molecule has 2 rings (SSSR count). The Morgan fingerprint density at radius 3 is 3.00 bits per heavy atom. The minimum Gasteiger partial charge on any atom is -0.382 e. The van der Waals surface area contributed by atoms with Crippen molar-refractivity contribution in [2.75, 3.05) is 17.6 Å². The summed E-state index contributed by atoms with van der Waals surface area (Å²) < 4.78 is 0. The van der Waals surface area contributed by atoms with Gasteiger partial charge in [0.1, 0.15) is 11.6 Å². The third kappa shape index (κ3) is 2.87. The van der Waals surface area contributed by atoms with E-state index in [1.165, 1.54) is 25.7 Å². The highest BCUT2D eigenvalue weighted by Gasteiger charge is 2.19. The molecule has 0 aliphatic heterocycles. The first-order valence-corrected chi connectivity index (χ1v) is 5.16. The van der Waals surface area contributed by atoms with Crippen LogP contribution < -0.4 is 11.1 Å². The number of aromatic nitrogens is 2. The minimum absolute atomic E-state index is 0.470. The summed E-state index contributed by atoms with van der Waals surface area (Å²) in [5.41, 5.74) is 5.51. The van der Waals surface area contributed by atoms with Crippen molar-refractivity contribution in [1.29, 1.82) is 0 Å². The lowest BCUT2D eigenvalue weighted by atomic mass is 10.2. The van der Waals surface area contributed by atoms with E-state index < -0.39 is 0 Å². The number of nitrogens with one attached hydrogen (secondary N) is 1. The van der Waals surface area contributed by atoms with Crippen molar-refractivity contribution in [2.24, 2.45) is 5.92 Å². The topological polar surface area (TPSA) is 63.8 Å².